The van der Waals surface area contributed by atoms with E-state index < -0.39 is 0 Å². The number of hydrogen-bond donors (Lipinski definition) is 0. The summed E-state index contributed by atoms with van der Waals surface area (Å²) in [6.07, 6.45) is 1.59. The predicted molar refractivity (Wildman–Crippen MR) is 67.9 cm³/mol. The van der Waals surface area contributed by atoms with Crippen LogP contribution in [-0.4, -0.2) is 36.7 Å². The highest BCUT2D eigenvalue weighted by molar-refractivity contribution is 5.79. The minimum atomic E-state index is -0.0415. The van der Waals surface area contributed by atoms with E-state index in [1.807, 2.05) is 44.2 Å². The Morgan fingerprint density at radius 2 is 1.94 bits per heavy atom. The first-order chi connectivity index (χ1) is 8.27. The lowest BCUT2D eigenvalue weighted by molar-refractivity contribution is -0.135. The Kier molecular flexibility index (Phi) is 5.79. The van der Waals surface area contributed by atoms with E-state index in [1.165, 1.54) is 0 Å². The van der Waals surface area contributed by atoms with Gasteiger partial charge in [-0.3, -0.25) is 4.79 Å². The van der Waals surface area contributed by atoms with Crippen molar-refractivity contribution in [2.45, 2.75) is 13.8 Å². The molecule has 17 heavy (non-hydrogen) atoms. The zero-order valence-corrected chi connectivity index (χ0v) is 10.3. The number of carbonyl (C=O) groups is 1. The summed E-state index contributed by atoms with van der Waals surface area (Å²) < 4.78 is 0. The Hall–Kier alpha value is -1.84. The van der Waals surface area contributed by atoms with Gasteiger partial charge in [0.15, 0.2) is 6.61 Å². The van der Waals surface area contributed by atoms with Crippen molar-refractivity contribution in [3.63, 3.8) is 0 Å². The highest BCUT2D eigenvalue weighted by Gasteiger charge is 2.08. The second-order valence-electron chi connectivity index (χ2n) is 3.48. The van der Waals surface area contributed by atoms with Crippen LogP contribution in [0.25, 0.3) is 0 Å². The van der Waals surface area contributed by atoms with Gasteiger partial charge in [0.05, 0.1) is 6.21 Å². The SMILES string of the molecule is CCN(CC)C(=O)CO/N=C\c1ccccc1. The van der Waals surface area contributed by atoms with Gasteiger partial charge in [0, 0.05) is 13.1 Å². The molecule has 0 aliphatic heterocycles. The van der Waals surface area contributed by atoms with Gasteiger partial charge >= 0.3 is 0 Å². The van der Waals surface area contributed by atoms with Crippen LogP contribution in [0.4, 0.5) is 0 Å². The molecule has 0 atom stereocenters. The molecule has 0 unspecified atom stereocenters. The van der Waals surface area contributed by atoms with Gasteiger partial charge in [-0.2, -0.15) is 0 Å². The molecule has 4 nitrogen and oxygen atoms in total. The fourth-order valence-corrected chi connectivity index (χ4v) is 1.40. The van der Waals surface area contributed by atoms with Crippen LogP contribution in [0.3, 0.4) is 0 Å². The lowest BCUT2D eigenvalue weighted by Gasteiger charge is -2.17. The van der Waals surface area contributed by atoms with Gasteiger partial charge in [0.1, 0.15) is 0 Å². The van der Waals surface area contributed by atoms with Crippen LogP contribution in [0, 0.1) is 0 Å². The second-order valence-corrected chi connectivity index (χ2v) is 3.48. The maximum Gasteiger partial charge on any atom is 0.263 e. The molecule has 4 heteroatoms. The molecule has 1 rings (SSSR count). The summed E-state index contributed by atoms with van der Waals surface area (Å²) in [4.78, 5) is 18.2. The van der Waals surface area contributed by atoms with Crippen LogP contribution in [0.2, 0.25) is 0 Å². The fourth-order valence-electron chi connectivity index (χ4n) is 1.40. The van der Waals surface area contributed by atoms with Crippen molar-refractivity contribution in [3.05, 3.63) is 35.9 Å². The first-order valence-corrected chi connectivity index (χ1v) is 5.76. The molecule has 1 aromatic rings. The first kappa shape index (κ1) is 13.2. The maximum atomic E-state index is 11.5. The quantitative estimate of drug-likeness (QED) is 0.557. The molecular weight excluding hydrogens is 216 g/mol. The van der Waals surface area contributed by atoms with Crippen LogP contribution in [0.5, 0.6) is 0 Å². The zero-order chi connectivity index (χ0) is 12.5. The largest absolute Gasteiger partial charge is 0.386 e. The fraction of sp³-hybridized carbons (Fsp3) is 0.385. The number of likely N-dealkylation sites (N-methyl/N-ethyl adjacent to an activating group) is 1. The Morgan fingerprint density at radius 3 is 2.53 bits per heavy atom. The molecule has 0 bridgehead atoms. The number of oxime groups is 1. The predicted octanol–water partition coefficient (Wildman–Crippen LogP) is 1.91. The molecule has 0 N–H and O–H groups in total. The van der Waals surface area contributed by atoms with E-state index in [4.69, 9.17) is 4.84 Å². The minimum Gasteiger partial charge on any atom is -0.386 e. The van der Waals surface area contributed by atoms with Gasteiger partial charge in [-0.15, -0.1) is 0 Å². The summed E-state index contributed by atoms with van der Waals surface area (Å²) >= 11 is 0. The third kappa shape index (κ3) is 4.68. The summed E-state index contributed by atoms with van der Waals surface area (Å²) in [5.41, 5.74) is 0.947. The number of hydrogen-bond acceptors (Lipinski definition) is 3. The molecule has 0 saturated heterocycles. The monoisotopic (exact) mass is 234 g/mol. The molecule has 0 fully saturated rings. The molecule has 0 heterocycles. The van der Waals surface area contributed by atoms with E-state index in [2.05, 4.69) is 5.16 Å². The molecule has 0 aliphatic rings. The number of rotatable bonds is 6. The van der Waals surface area contributed by atoms with Crippen molar-refractivity contribution in [3.8, 4) is 0 Å². The standard InChI is InChI=1S/C13H18N2O2/c1-3-15(4-2)13(16)11-17-14-10-12-8-6-5-7-9-12/h5-10H,3-4,11H2,1-2H3/b14-10-. The highest BCUT2D eigenvalue weighted by Crippen LogP contribution is 1.95. The van der Waals surface area contributed by atoms with Crippen molar-refractivity contribution >= 4 is 12.1 Å². The van der Waals surface area contributed by atoms with Crippen molar-refractivity contribution in [2.24, 2.45) is 5.16 Å². The highest BCUT2D eigenvalue weighted by atomic mass is 16.6. The third-order valence-corrected chi connectivity index (χ3v) is 2.38. The zero-order valence-electron chi connectivity index (χ0n) is 10.3. The average Bonchev–Trinajstić information content (AvgIpc) is 2.37. The van der Waals surface area contributed by atoms with E-state index >= 15 is 0 Å². The molecule has 0 saturated carbocycles. The van der Waals surface area contributed by atoms with E-state index in [0.29, 0.717) is 13.1 Å². The molecule has 0 aromatic heterocycles. The van der Waals surface area contributed by atoms with Crippen molar-refractivity contribution in [1.82, 2.24) is 4.90 Å². The lowest BCUT2D eigenvalue weighted by atomic mass is 10.2. The van der Waals surface area contributed by atoms with Crippen LogP contribution in [0.1, 0.15) is 19.4 Å². The van der Waals surface area contributed by atoms with Crippen molar-refractivity contribution in [2.75, 3.05) is 19.7 Å². The van der Waals surface area contributed by atoms with Gasteiger partial charge in [0.2, 0.25) is 0 Å². The molecule has 1 aromatic carbocycles. The number of amides is 1. The lowest BCUT2D eigenvalue weighted by Crippen LogP contribution is -2.33. The van der Waals surface area contributed by atoms with Gasteiger partial charge in [-0.25, -0.2) is 0 Å². The normalized spacial score (nSPS) is 10.5. The number of nitrogens with zero attached hydrogens (tertiary/aromatic N) is 2. The van der Waals surface area contributed by atoms with Gasteiger partial charge in [-0.05, 0) is 19.4 Å². The summed E-state index contributed by atoms with van der Waals surface area (Å²) in [6, 6.07) is 9.60. The van der Waals surface area contributed by atoms with E-state index in [0.717, 1.165) is 5.56 Å². The summed E-state index contributed by atoms with van der Waals surface area (Å²) in [7, 11) is 0. The van der Waals surface area contributed by atoms with E-state index in [-0.39, 0.29) is 12.5 Å². The molecule has 92 valence electrons. The smallest absolute Gasteiger partial charge is 0.263 e. The van der Waals surface area contributed by atoms with Crippen molar-refractivity contribution in [1.29, 1.82) is 0 Å². The maximum absolute atomic E-state index is 11.5. The molecule has 0 aliphatic carbocycles. The van der Waals surface area contributed by atoms with Crippen LogP contribution in [0.15, 0.2) is 35.5 Å². The molecule has 0 spiro atoms. The minimum absolute atomic E-state index is 0.00892. The van der Waals surface area contributed by atoms with Crippen LogP contribution >= 0.6 is 0 Å². The summed E-state index contributed by atoms with van der Waals surface area (Å²) in [6.45, 7) is 5.26. The van der Waals surface area contributed by atoms with E-state index in [1.54, 1.807) is 11.1 Å². The van der Waals surface area contributed by atoms with Crippen molar-refractivity contribution < 1.29 is 9.63 Å². The van der Waals surface area contributed by atoms with Gasteiger partial charge < -0.3 is 9.74 Å². The first-order valence-electron chi connectivity index (χ1n) is 5.76. The number of carbonyl (C=O) groups excluding carboxylic acids is 1. The van der Waals surface area contributed by atoms with Crippen LogP contribution in [-0.2, 0) is 9.63 Å². The molecular formula is C13H18N2O2. The number of benzene rings is 1. The van der Waals surface area contributed by atoms with Gasteiger partial charge in [-0.1, -0.05) is 35.5 Å². The Morgan fingerprint density at radius 1 is 1.29 bits per heavy atom. The average molecular weight is 234 g/mol. The summed E-state index contributed by atoms with van der Waals surface area (Å²) in [5.74, 6) is -0.0415. The molecule has 1 amide bonds. The third-order valence-electron chi connectivity index (χ3n) is 2.38. The Labute approximate surface area is 102 Å². The van der Waals surface area contributed by atoms with Gasteiger partial charge in [0.25, 0.3) is 5.91 Å². The topological polar surface area (TPSA) is 41.9 Å². The second kappa shape index (κ2) is 7.44. The Balaban J connectivity index is 2.33. The summed E-state index contributed by atoms with van der Waals surface area (Å²) in [5, 5.41) is 3.76. The Bertz CT molecular complexity index is 359. The van der Waals surface area contributed by atoms with Crippen LogP contribution < -0.4 is 0 Å². The van der Waals surface area contributed by atoms with E-state index in [9.17, 15) is 4.79 Å². The molecule has 0 radical (unpaired) electrons.